The van der Waals surface area contributed by atoms with Crippen LogP contribution in [0.15, 0.2) is 0 Å². The van der Waals surface area contributed by atoms with Gasteiger partial charge >= 0.3 is 0 Å². The van der Waals surface area contributed by atoms with Gasteiger partial charge in [-0.05, 0) is 27.2 Å². The minimum Gasteiger partial charge on any atom is -0.394 e. The minimum atomic E-state index is -1.51. The van der Waals surface area contributed by atoms with E-state index in [2.05, 4.69) is 0 Å². The van der Waals surface area contributed by atoms with E-state index in [-0.39, 0.29) is 13.2 Å². The van der Waals surface area contributed by atoms with Crippen molar-refractivity contribution in [1.82, 2.24) is 0 Å². The maximum atomic E-state index is 11.0. The zero-order valence-corrected chi connectivity index (χ0v) is 12.9. The highest BCUT2D eigenvalue weighted by atomic mass is 16.6. The molecule has 0 radical (unpaired) electrons. The van der Waals surface area contributed by atoms with E-state index in [4.69, 9.17) is 9.47 Å². The third-order valence-corrected chi connectivity index (χ3v) is 5.52. The van der Waals surface area contributed by atoms with Crippen LogP contribution in [0.3, 0.4) is 0 Å². The SMILES string of the molecule is CCC1(C)C(CO)OC(C)(COC)C(C)(O)C1(C)O. The van der Waals surface area contributed by atoms with Gasteiger partial charge in [-0.15, -0.1) is 0 Å². The van der Waals surface area contributed by atoms with Gasteiger partial charge in [0.1, 0.15) is 16.8 Å². The fraction of sp³-hybridized carbons (Fsp3) is 1.00. The standard InChI is InChI=1S/C14H28O5/c1-7-11(2)10(8-15)19-12(3,9-18-6)14(5,17)13(11,4)16/h10,15-17H,7-9H2,1-6H3. The van der Waals surface area contributed by atoms with Crippen molar-refractivity contribution in [1.29, 1.82) is 0 Å². The van der Waals surface area contributed by atoms with Crippen LogP contribution in [0.4, 0.5) is 0 Å². The van der Waals surface area contributed by atoms with E-state index in [0.29, 0.717) is 6.42 Å². The molecule has 1 saturated heterocycles. The van der Waals surface area contributed by atoms with Crippen molar-refractivity contribution in [2.45, 2.75) is 63.9 Å². The molecule has 5 atom stereocenters. The quantitative estimate of drug-likeness (QED) is 0.704. The molecule has 0 aromatic carbocycles. The second-order valence-electron chi connectivity index (χ2n) is 6.37. The third kappa shape index (κ3) is 2.03. The molecule has 0 bridgehead atoms. The van der Waals surface area contributed by atoms with Crippen LogP contribution in [-0.4, -0.2) is 58.6 Å². The number of methoxy groups -OCH3 is 1. The van der Waals surface area contributed by atoms with Crippen molar-refractivity contribution in [3.05, 3.63) is 0 Å². The van der Waals surface area contributed by atoms with Crippen molar-refractivity contribution in [2.24, 2.45) is 5.41 Å². The molecule has 1 aliphatic heterocycles. The first-order chi connectivity index (χ1) is 8.54. The van der Waals surface area contributed by atoms with Gasteiger partial charge in [-0.25, -0.2) is 0 Å². The second-order valence-corrected chi connectivity index (χ2v) is 6.37. The first-order valence-corrected chi connectivity index (χ1v) is 6.76. The van der Waals surface area contributed by atoms with Crippen LogP contribution in [0.5, 0.6) is 0 Å². The van der Waals surface area contributed by atoms with Crippen molar-refractivity contribution >= 4 is 0 Å². The van der Waals surface area contributed by atoms with E-state index in [0.717, 1.165) is 0 Å². The largest absolute Gasteiger partial charge is 0.394 e. The summed E-state index contributed by atoms with van der Waals surface area (Å²) in [6.07, 6.45) is 0.0117. The molecule has 0 spiro atoms. The van der Waals surface area contributed by atoms with E-state index < -0.39 is 28.3 Å². The van der Waals surface area contributed by atoms with Crippen LogP contribution in [-0.2, 0) is 9.47 Å². The Labute approximate surface area is 115 Å². The monoisotopic (exact) mass is 276 g/mol. The Hall–Kier alpha value is -0.200. The Balaban J connectivity index is 3.36. The molecular formula is C14H28O5. The lowest BCUT2D eigenvalue weighted by Crippen LogP contribution is -2.78. The van der Waals surface area contributed by atoms with Crippen LogP contribution < -0.4 is 0 Å². The van der Waals surface area contributed by atoms with Gasteiger partial charge in [0.25, 0.3) is 0 Å². The van der Waals surface area contributed by atoms with Crippen LogP contribution in [0.2, 0.25) is 0 Å². The lowest BCUT2D eigenvalue weighted by Gasteiger charge is -2.64. The van der Waals surface area contributed by atoms with E-state index >= 15 is 0 Å². The van der Waals surface area contributed by atoms with Crippen molar-refractivity contribution in [3.63, 3.8) is 0 Å². The molecule has 5 nitrogen and oxygen atoms in total. The molecule has 0 aromatic heterocycles. The summed E-state index contributed by atoms with van der Waals surface area (Å²) in [4.78, 5) is 0. The lowest BCUT2D eigenvalue weighted by molar-refractivity contribution is -0.364. The summed E-state index contributed by atoms with van der Waals surface area (Å²) in [5.74, 6) is 0. The summed E-state index contributed by atoms with van der Waals surface area (Å²) in [5, 5.41) is 31.5. The van der Waals surface area contributed by atoms with Gasteiger partial charge in [0.05, 0.1) is 19.3 Å². The van der Waals surface area contributed by atoms with Crippen LogP contribution in [0, 0.1) is 5.41 Å². The molecule has 5 unspecified atom stereocenters. The highest BCUT2D eigenvalue weighted by Crippen LogP contribution is 2.54. The Bertz CT molecular complexity index is 328. The second kappa shape index (κ2) is 4.97. The van der Waals surface area contributed by atoms with Gasteiger partial charge in [0.2, 0.25) is 0 Å². The zero-order valence-electron chi connectivity index (χ0n) is 12.9. The summed E-state index contributed by atoms with van der Waals surface area (Å²) in [7, 11) is 1.51. The Morgan fingerprint density at radius 1 is 1.11 bits per heavy atom. The minimum absolute atomic E-state index is 0.131. The Morgan fingerprint density at radius 2 is 1.63 bits per heavy atom. The molecular weight excluding hydrogens is 248 g/mol. The number of aliphatic hydroxyl groups excluding tert-OH is 1. The highest BCUT2D eigenvalue weighted by Gasteiger charge is 2.69. The van der Waals surface area contributed by atoms with Crippen molar-refractivity contribution < 1.29 is 24.8 Å². The zero-order chi connectivity index (χ0) is 15.1. The molecule has 3 N–H and O–H groups in total. The molecule has 1 fully saturated rings. The van der Waals surface area contributed by atoms with Gasteiger partial charge in [-0.1, -0.05) is 13.8 Å². The van der Waals surface area contributed by atoms with E-state index in [9.17, 15) is 15.3 Å². The third-order valence-electron chi connectivity index (χ3n) is 5.52. The molecule has 1 heterocycles. The topological polar surface area (TPSA) is 79.2 Å². The molecule has 1 rings (SSSR count). The lowest BCUT2D eigenvalue weighted by atomic mass is 9.55. The van der Waals surface area contributed by atoms with Crippen LogP contribution >= 0.6 is 0 Å². The maximum absolute atomic E-state index is 11.0. The van der Waals surface area contributed by atoms with Crippen LogP contribution in [0.25, 0.3) is 0 Å². The average molecular weight is 276 g/mol. The average Bonchev–Trinajstić information content (AvgIpc) is 2.33. The molecule has 19 heavy (non-hydrogen) atoms. The van der Waals surface area contributed by atoms with Gasteiger partial charge < -0.3 is 24.8 Å². The van der Waals surface area contributed by atoms with Crippen LogP contribution in [0.1, 0.15) is 41.0 Å². The number of rotatable bonds is 4. The van der Waals surface area contributed by atoms with Gasteiger partial charge in [0, 0.05) is 12.5 Å². The summed E-state index contributed by atoms with van der Waals surface area (Å²) >= 11 is 0. The highest BCUT2D eigenvalue weighted by molar-refractivity contribution is 5.18. The first-order valence-electron chi connectivity index (χ1n) is 6.76. The summed E-state index contributed by atoms with van der Waals surface area (Å²) in [5.41, 5.74) is -4.77. The number of hydrogen-bond donors (Lipinski definition) is 3. The molecule has 0 aliphatic carbocycles. The molecule has 0 aromatic rings. The number of ether oxygens (including phenoxy) is 2. The van der Waals surface area contributed by atoms with Gasteiger partial charge in [-0.2, -0.15) is 0 Å². The smallest absolute Gasteiger partial charge is 0.122 e. The summed E-state index contributed by atoms with van der Waals surface area (Å²) in [6, 6.07) is 0. The normalized spacial score (nSPS) is 51.3. The van der Waals surface area contributed by atoms with Gasteiger partial charge in [0.15, 0.2) is 0 Å². The number of aliphatic hydroxyl groups is 3. The fourth-order valence-electron chi connectivity index (χ4n) is 3.20. The fourth-order valence-corrected chi connectivity index (χ4v) is 3.20. The molecule has 114 valence electrons. The first kappa shape index (κ1) is 16.9. The predicted octanol–water partition coefficient (Wildman–Crippen LogP) is 0.701. The summed E-state index contributed by atoms with van der Waals surface area (Å²) in [6.45, 7) is 8.53. The van der Waals surface area contributed by atoms with Crippen molar-refractivity contribution in [3.8, 4) is 0 Å². The number of hydrogen-bond acceptors (Lipinski definition) is 5. The van der Waals surface area contributed by atoms with Gasteiger partial charge in [-0.3, -0.25) is 0 Å². The molecule has 1 aliphatic rings. The van der Waals surface area contributed by atoms with E-state index in [1.54, 1.807) is 20.8 Å². The maximum Gasteiger partial charge on any atom is 0.122 e. The van der Waals surface area contributed by atoms with Crippen molar-refractivity contribution in [2.75, 3.05) is 20.3 Å². The Kier molecular flexibility index (Phi) is 4.41. The summed E-state index contributed by atoms with van der Waals surface area (Å²) < 4.78 is 11.1. The van der Waals surface area contributed by atoms with E-state index in [1.165, 1.54) is 7.11 Å². The molecule has 0 saturated carbocycles. The molecule has 0 amide bonds. The van der Waals surface area contributed by atoms with E-state index in [1.807, 2.05) is 13.8 Å². The Morgan fingerprint density at radius 3 is 2.00 bits per heavy atom. The predicted molar refractivity (Wildman–Crippen MR) is 71.9 cm³/mol. The molecule has 5 heteroatoms.